The van der Waals surface area contributed by atoms with E-state index in [4.69, 9.17) is 4.74 Å². The predicted octanol–water partition coefficient (Wildman–Crippen LogP) is 4.77. The molecule has 2 aromatic rings. The largest absolute Gasteiger partial charge is 0.496 e. The number of ether oxygens (including phenoxy) is 1. The second kappa shape index (κ2) is 5.70. The average molecular weight is 327 g/mol. The highest BCUT2D eigenvalue weighted by Gasteiger charge is 2.14. The molecule has 0 saturated carbocycles. The van der Waals surface area contributed by atoms with Gasteiger partial charge in [-0.15, -0.1) is 0 Å². The van der Waals surface area contributed by atoms with Crippen LogP contribution < -0.4 is 4.74 Å². The van der Waals surface area contributed by atoms with Crippen molar-refractivity contribution in [3.05, 3.63) is 64.7 Å². The van der Waals surface area contributed by atoms with E-state index in [9.17, 15) is 8.78 Å². The van der Waals surface area contributed by atoms with Gasteiger partial charge in [0.25, 0.3) is 0 Å². The van der Waals surface area contributed by atoms with E-state index >= 15 is 0 Å². The highest BCUT2D eigenvalue weighted by molar-refractivity contribution is 9.09. The van der Waals surface area contributed by atoms with Gasteiger partial charge in [0.05, 0.1) is 11.9 Å². The zero-order valence-electron chi connectivity index (χ0n) is 10.6. The van der Waals surface area contributed by atoms with Gasteiger partial charge in [-0.1, -0.05) is 34.1 Å². The van der Waals surface area contributed by atoms with Crippen LogP contribution in [0.15, 0.2) is 36.4 Å². The van der Waals surface area contributed by atoms with Crippen molar-refractivity contribution in [3.63, 3.8) is 0 Å². The van der Waals surface area contributed by atoms with Crippen molar-refractivity contribution in [1.82, 2.24) is 0 Å². The van der Waals surface area contributed by atoms with Crippen LogP contribution in [0, 0.1) is 18.6 Å². The molecule has 0 aliphatic heterocycles. The van der Waals surface area contributed by atoms with Gasteiger partial charge in [0.1, 0.15) is 5.75 Å². The third-order valence-corrected chi connectivity index (χ3v) is 4.02. The Kier molecular flexibility index (Phi) is 4.20. The van der Waals surface area contributed by atoms with Gasteiger partial charge in [0, 0.05) is 0 Å². The molecule has 0 N–H and O–H groups in total. The summed E-state index contributed by atoms with van der Waals surface area (Å²) in [5, 5.41) is 0. The molecule has 1 unspecified atom stereocenters. The lowest BCUT2D eigenvalue weighted by Gasteiger charge is -2.13. The van der Waals surface area contributed by atoms with E-state index in [0.29, 0.717) is 5.56 Å². The van der Waals surface area contributed by atoms with Gasteiger partial charge in [0.15, 0.2) is 11.6 Å². The van der Waals surface area contributed by atoms with Crippen molar-refractivity contribution in [2.45, 2.75) is 11.8 Å². The second-order valence-corrected chi connectivity index (χ2v) is 5.18. The van der Waals surface area contributed by atoms with Gasteiger partial charge in [-0.05, 0) is 41.8 Å². The number of aryl methyl sites for hydroxylation is 1. The van der Waals surface area contributed by atoms with Crippen LogP contribution in [0.3, 0.4) is 0 Å². The first-order chi connectivity index (χ1) is 9.02. The lowest BCUT2D eigenvalue weighted by atomic mass is 10.0. The Bertz CT molecular complexity index is 599. The van der Waals surface area contributed by atoms with Crippen LogP contribution in [0.1, 0.15) is 21.5 Å². The number of alkyl halides is 1. The summed E-state index contributed by atoms with van der Waals surface area (Å²) < 4.78 is 31.4. The van der Waals surface area contributed by atoms with E-state index in [1.54, 1.807) is 13.2 Å². The first-order valence-corrected chi connectivity index (χ1v) is 6.68. The summed E-state index contributed by atoms with van der Waals surface area (Å²) >= 11 is 3.50. The summed E-state index contributed by atoms with van der Waals surface area (Å²) in [7, 11) is 1.60. The molecule has 0 fully saturated rings. The van der Waals surface area contributed by atoms with Crippen molar-refractivity contribution in [3.8, 4) is 5.75 Å². The van der Waals surface area contributed by atoms with Crippen LogP contribution in [0.25, 0.3) is 0 Å². The van der Waals surface area contributed by atoms with E-state index in [-0.39, 0.29) is 4.83 Å². The third kappa shape index (κ3) is 2.95. The monoisotopic (exact) mass is 326 g/mol. The molecule has 19 heavy (non-hydrogen) atoms. The zero-order valence-corrected chi connectivity index (χ0v) is 12.2. The molecule has 0 amide bonds. The molecule has 1 nitrogen and oxygen atoms in total. The molecule has 1 atom stereocenters. The first-order valence-electron chi connectivity index (χ1n) is 5.76. The Morgan fingerprint density at radius 1 is 1.00 bits per heavy atom. The Labute approximate surface area is 119 Å². The number of hydrogen-bond donors (Lipinski definition) is 0. The number of methoxy groups -OCH3 is 1. The van der Waals surface area contributed by atoms with Crippen LogP contribution in [-0.2, 0) is 0 Å². The van der Waals surface area contributed by atoms with Crippen LogP contribution in [0.5, 0.6) is 5.75 Å². The fourth-order valence-electron chi connectivity index (χ4n) is 1.86. The minimum absolute atomic E-state index is 0.211. The molecular weight excluding hydrogens is 314 g/mol. The van der Waals surface area contributed by atoms with Crippen LogP contribution in [0.4, 0.5) is 8.78 Å². The quantitative estimate of drug-likeness (QED) is 0.738. The van der Waals surface area contributed by atoms with Gasteiger partial charge < -0.3 is 4.74 Å². The summed E-state index contributed by atoms with van der Waals surface area (Å²) in [6.07, 6.45) is 0. The highest BCUT2D eigenvalue weighted by Crippen LogP contribution is 2.34. The summed E-state index contributed by atoms with van der Waals surface area (Å²) in [6.45, 7) is 1.95. The lowest BCUT2D eigenvalue weighted by molar-refractivity contribution is 0.411. The fourth-order valence-corrected chi connectivity index (χ4v) is 2.43. The average Bonchev–Trinajstić information content (AvgIpc) is 2.41. The van der Waals surface area contributed by atoms with Gasteiger partial charge in [-0.3, -0.25) is 0 Å². The maximum atomic E-state index is 13.2. The van der Waals surface area contributed by atoms with Gasteiger partial charge in [-0.2, -0.15) is 0 Å². The molecule has 4 heteroatoms. The molecule has 0 aromatic heterocycles. The van der Waals surface area contributed by atoms with Crippen molar-refractivity contribution >= 4 is 15.9 Å². The van der Waals surface area contributed by atoms with Gasteiger partial charge in [0.2, 0.25) is 0 Å². The normalized spacial score (nSPS) is 12.3. The molecule has 0 heterocycles. The first kappa shape index (κ1) is 14.0. The molecule has 2 rings (SSSR count). The van der Waals surface area contributed by atoms with Crippen molar-refractivity contribution in [2.24, 2.45) is 0 Å². The molecule has 0 aliphatic rings. The van der Waals surface area contributed by atoms with E-state index in [2.05, 4.69) is 15.9 Å². The van der Waals surface area contributed by atoms with Crippen LogP contribution >= 0.6 is 15.9 Å². The topological polar surface area (TPSA) is 9.23 Å². The van der Waals surface area contributed by atoms with E-state index in [1.165, 1.54) is 6.07 Å². The summed E-state index contributed by atoms with van der Waals surface area (Å²) in [4.78, 5) is -0.211. The molecule has 2 aromatic carbocycles. The maximum Gasteiger partial charge on any atom is 0.159 e. The SMILES string of the molecule is COc1cc(C(Br)c2ccc(F)c(F)c2)ccc1C. The van der Waals surface area contributed by atoms with Crippen LogP contribution in [0.2, 0.25) is 0 Å². The molecule has 0 saturated heterocycles. The van der Waals surface area contributed by atoms with Gasteiger partial charge >= 0.3 is 0 Å². The van der Waals surface area contributed by atoms with Crippen LogP contribution in [-0.4, -0.2) is 7.11 Å². The minimum atomic E-state index is -0.846. The van der Waals surface area contributed by atoms with E-state index in [0.717, 1.165) is 22.9 Å². The van der Waals surface area contributed by atoms with E-state index < -0.39 is 11.6 Å². The molecule has 0 aliphatic carbocycles. The Hall–Kier alpha value is -1.42. The summed E-state index contributed by atoms with van der Waals surface area (Å²) in [5.41, 5.74) is 2.61. The van der Waals surface area contributed by atoms with Crippen molar-refractivity contribution < 1.29 is 13.5 Å². The third-order valence-electron chi connectivity index (χ3n) is 2.96. The fraction of sp³-hybridized carbons (Fsp3) is 0.200. The number of rotatable bonds is 3. The summed E-state index contributed by atoms with van der Waals surface area (Å²) in [5.74, 6) is -0.921. The molecule has 0 bridgehead atoms. The maximum absolute atomic E-state index is 13.2. The standard InChI is InChI=1S/C15H13BrF2O/c1-9-3-4-11(8-14(9)19-2)15(16)10-5-6-12(17)13(18)7-10/h3-8,15H,1-2H3. The van der Waals surface area contributed by atoms with E-state index in [1.807, 2.05) is 25.1 Å². The van der Waals surface area contributed by atoms with Gasteiger partial charge in [-0.25, -0.2) is 8.78 Å². The number of benzene rings is 2. The second-order valence-electron chi connectivity index (χ2n) is 4.27. The lowest BCUT2D eigenvalue weighted by Crippen LogP contribution is -1.97. The van der Waals surface area contributed by atoms with Crippen molar-refractivity contribution in [2.75, 3.05) is 7.11 Å². The van der Waals surface area contributed by atoms with Crippen molar-refractivity contribution in [1.29, 1.82) is 0 Å². The molecular formula is C15H13BrF2O. The molecule has 0 spiro atoms. The predicted molar refractivity (Wildman–Crippen MR) is 74.9 cm³/mol. The summed E-state index contributed by atoms with van der Waals surface area (Å²) in [6, 6.07) is 9.63. The Morgan fingerprint density at radius 2 is 1.63 bits per heavy atom. The smallest absolute Gasteiger partial charge is 0.159 e. The molecule has 100 valence electrons. The highest BCUT2D eigenvalue weighted by atomic mass is 79.9. The zero-order chi connectivity index (χ0) is 14.0. The number of halogens is 3. The number of hydrogen-bond acceptors (Lipinski definition) is 1. The Morgan fingerprint density at radius 3 is 2.26 bits per heavy atom. The minimum Gasteiger partial charge on any atom is -0.496 e. The Balaban J connectivity index is 2.37. The molecule has 0 radical (unpaired) electrons.